The van der Waals surface area contributed by atoms with Crippen molar-refractivity contribution in [2.75, 3.05) is 29.7 Å². The Kier molecular flexibility index (Phi) is 4.08. The Labute approximate surface area is 126 Å². The van der Waals surface area contributed by atoms with Crippen molar-refractivity contribution < 1.29 is 8.42 Å². The van der Waals surface area contributed by atoms with Crippen LogP contribution in [0, 0.1) is 5.92 Å². The minimum Gasteiger partial charge on any atom is -0.383 e. The summed E-state index contributed by atoms with van der Waals surface area (Å²) in [5.74, 6) is 0.429. The van der Waals surface area contributed by atoms with Gasteiger partial charge in [0.2, 0.25) is 0 Å². The molecule has 116 valence electrons. The van der Waals surface area contributed by atoms with Crippen LogP contribution in [0.1, 0.15) is 31.7 Å². The zero-order valence-electron chi connectivity index (χ0n) is 12.4. The summed E-state index contributed by atoms with van der Waals surface area (Å²) in [5, 5.41) is 3.32. The Morgan fingerprint density at radius 3 is 3.00 bits per heavy atom. The summed E-state index contributed by atoms with van der Waals surface area (Å²) in [6.45, 7) is 4.22. The lowest BCUT2D eigenvalue weighted by atomic mass is 10.0. The van der Waals surface area contributed by atoms with Gasteiger partial charge in [0.05, 0.1) is 11.4 Å². The number of hydrogen-bond acceptors (Lipinski definition) is 3. The van der Waals surface area contributed by atoms with Gasteiger partial charge >= 0.3 is 10.2 Å². The van der Waals surface area contributed by atoms with Crippen molar-refractivity contribution >= 4 is 21.6 Å². The van der Waals surface area contributed by atoms with Gasteiger partial charge in [-0.15, -0.1) is 0 Å². The van der Waals surface area contributed by atoms with Gasteiger partial charge < -0.3 is 5.32 Å². The molecule has 0 spiro atoms. The van der Waals surface area contributed by atoms with Gasteiger partial charge in [0.15, 0.2) is 0 Å². The highest BCUT2D eigenvalue weighted by Gasteiger charge is 2.28. The molecular formula is C15H23N3O2S. The molecule has 2 N–H and O–H groups in total. The Hall–Kier alpha value is -1.27. The molecule has 1 atom stereocenters. The average Bonchev–Trinajstić information content (AvgIpc) is 2.47. The van der Waals surface area contributed by atoms with Crippen LogP contribution in [0.4, 0.5) is 11.4 Å². The van der Waals surface area contributed by atoms with E-state index in [9.17, 15) is 8.42 Å². The van der Waals surface area contributed by atoms with E-state index >= 15 is 0 Å². The summed E-state index contributed by atoms with van der Waals surface area (Å²) in [7, 11) is -3.46. The molecule has 0 radical (unpaired) electrons. The molecule has 21 heavy (non-hydrogen) atoms. The van der Waals surface area contributed by atoms with Crippen molar-refractivity contribution in [1.29, 1.82) is 0 Å². The summed E-state index contributed by atoms with van der Waals surface area (Å²) < 4.78 is 29.5. The Morgan fingerprint density at radius 1 is 1.33 bits per heavy atom. The Balaban J connectivity index is 1.82. The fraction of sp³-hybridized carbons (Fsp3) is 0.600. The summed E-state index contributed by atoms with van der Waals surface area (Å²) in [5.41, 5.74) is 2.80. The molecule has 0 aromatic heterocycles. The van der Waals surface area contributed by atoms with Crippen LogP contribution in [0.3, 0.4) is 0 Å². The molecule has 2 aliphatic rings. The first kappa shape index (κ1) is 14.7. The van der Waals surface area contributed by atoms with E-state index in [1.807, 2.05) is 12.1 Å². The summed E-state index contributed by atoms with van der Waals surface area (Å²) in [4.78, 5) is 0. The van der Waals surface area contributed by atoms with Crippen LogP contribution in [-0.4, -0.2) is 32.4 Å². The van der Waals surface area contributed by atoms with Crippen LogP contribution < -0.4 is 10.0 Å². The largest absolute Gasteiger partial charge is 0.383 e. The lowest BCUT2D eigenvalue weighted by Gasteiger charge is -2.31. The summed E-state index contributed by atoms with van der Waals surface area (Å²) in [6.07, 6.45) is 4.13. The third kappa shape index (κ3) is 3.16. The van der Waals surface area contributed by atoms with Gasteiger partial charge in [-0.3, -0.25) is 4.72 Å². The van der Waals surface area contributed by atoms with Crippen molar-refractivity contribution in [3.8, 4) is 0 Å². The predicted octanol–water partition coefficient (Wildman–Crippen LogP) is 2.43. The van der Waals surface area contributed by atoms with Crippen LogP contribution in [0.5, 0.6) is 0 Å². The number of nitrogens with one attached hydrogen (secondary N) is 2. The van der Waals surface area contributed by atoms with Gasteiger partial charge in [-0.2, -0.15) is 12.7 Å². The maximum absolute atomic E-state index is 12.6. The molecule has 2 aliphatic heterocycles. The number of anilines is 2. The highest BCUT2D eigenvalue weighted by molar-refractivity contribution is 7.90. The maximum Gasteiger partial charge on any atom is 0.301 e. The minimum absolute atomic E-state index is 0.429. The molecule has 6 heteroatoms. The van der Waals surface area contributed by atoms with E-state index in [4.69, 9.17) is 0 Å². The molecule has 0 bridgehead atoms. The van der Waals surface area contributed by atoms with Crippen molar-refractivity contribution in [3.63, 3.8) is 0 Å². The zero-order chi connectivity index (χ0) is 14.9. The number of hydrogen-bond donors (Lipinski definition) is 2. The summed E-state index contributed by atoms with van der Waals surface area (Å²) in [6, 6.07) is 5.81. The monoisotopic (exact) mass is 309 g/mol. The van der Waals surface area contributed by atoms with E-state index in [1.54, 1.807) is 4.31 Å². The lowest BCUT2D eigenvalue weighted by molar-refractivity contribution is 0.282. The number of nitrogens with zero attached hydrogens (tertiary/aromatic N) is 1. The number of rotatable bonds is 3. The third-order valence-electron chi connectivity index (χ3n) is 4.27. The van der Waals surface area contributed by atoms with E-state index in [0.29, 0.717) is 24.7 Å². The van der Waals surface area contributed by atoms with Gasteiger partial charge in [0, 0.05) is 19.6 Å². The van der Waals surface area contributed by atoms with Crippen LogP contribution in [0.15, 0.2) is 18.2 Å². The van der Waals surface area contributed by atoms with Crippen molar-refractivity contribution in [2.24, 2.45) is 5.92 Å². The van der Waals surface area contributed by atoms with Gasteiger partial charge in [-0.1, -0.05) is 19.1 Å². The number of aryl methyl sites for hydroxylation is 1. The lowest BCUT2D eigenvalue weighted by Crippen LogP contribution is -2.42. The third-order valence-corrected chi connectivity index (χ3v) is 5.76. The smallest absolute Gasteiger partial charge is 0.301 e. The van der Waals surface area contributed by atoms with Gasteiger partial charge in [-0.25, -0.2) is 0 Å². The number of fused-ring (bicyclic) bond motifs is 1. The van der Waals surface area contributed by atoms with Gasteiger partial charge in [0.25, 0.3) is 0 Å². The molecule has 0 aliphatic carbocycles. The molecule has 0 amide bonds. The minimum atomic E-state index is -3.46. The number of para-hydroxylation sites is 1. The highest BCUT2D eigenvalue weighted by Crippen LogP contribution is 2.31. The van der Waals surface area contributed by atoms with Gasteiger partial charge in [0.1, 0.15) is 0 Å². The van der Waals surface area contributed by atoms with Gasteiger partial charge in [-0.05, 0) is 43.2 Å². The van der Waals surface area contributed by atoms with E-state index in [1.165, 1.54) is 5.56 Å². The topological polar surface area (TPSA) is 61.4 Å². The van der Waals surface area contributed by atoms with Crippen LogP contribution in [0.25, 0.3) is 0 Å². The second-order valence-electron chi connectivity index (χ2n) is 6.08. The van der Waals surface area contributed by atoms with Crippen LogP contribution >= 0.6 is 0 Å². The van der Waals surface area contributed by atoms with E-state index in [2.05, 4.69) is 23.0 Å². The van der Waals surface area contributed by atoms with Crippen molar-refractivity contribution in [3.05, 3.63) is 23.8 Å². The second-order valence-corrected chi connectivity index (χ2v) is 7.75. The SMILES string of the molecule is CC1CCCN(S(=O)(=O)Nc2cccc3c2NCCC3)C1. The normalized spacial score (nSPS) is 23.2. The second kappa shape index (κ2) is 5.85. The Morgan fingerprint density at radius 2 is 2.19 bits per heavy atom. The fourth-order valence-corrected chi connectivity index (χ4v) is 4.56. The Bertz CT molecular complexity index is 615. The average molecular weight is 309 g/mol. The molecule has 2 heterocycles. The first-order chi connectivity index (χ1) is 10.1. The van der Waals surface area contributed by atoms with E-state index < -0.39 is 10.2 Å². The van der Waals surface area contributed by atoms with Crippen LogP contribution in [0.2, 0.25) is 0 Å². The van der Waals surface area contributed by atoms with E-state index in [-0.39, 0.29) is 0 Å². The van der Waals surface area contributed by atoms with Crippen molar-refractivity contribution in [2.45, 2.75) is 32.6 Å². The fourth-order valence-electron chi connectivity index (χ4n) is 3.16. The summed E-state index contributed by atoms with van der Waals surface area (Å²) >= 11 is 0. The molecule has 1 unspecified atom stereocenters. The van der Waals surface area contributed by atoms with Crippen LogP contribution in [-0.2, 0) is 16.6 Å². The molecule has 1 aromatic rings. The molecule has 5 nitrogen and oxygen atoms in total. The molecular weight excluding hydrogens is 286 g/mol. The quantitative estimate of drug-likeness (QED) is 0.901. The molecule has 1 saturated heterocycles. The molecule has 3 rings (SSSR count). The number of benzene rings is 1. The highest BCUT2D eigenvalue weighted by atomic mass is 32.2. The molecule has 0 saturated carbocycles. The maximum atomic E-state index is 12.6. The van der Waals surface area contributed by atoms with E-state index in [0.717, 1.165) is 37.9 Å². The first-order valence-corrected chi connectivity index (χ1v) is 9.14. The first-order valence-electron chi connectivity index (χ1n) is 7.70. The predicted molar refractivity (Wildman–Crippen MR) is 85.8 cm³/mol. The standard InChI is InChI=1S/C15H23N3O2S/c1-12-5-4-10-18(11-12)21(19,20)17-14-8-2-6-13-7-3-9-16-15(13)14/h2,6,8,12,16-17H,3-5,7,9-11H2,1H3. The molecule has 1 aromatic carbocycles. The zero-order valence-corrected chi connectivity index (χ0v) is 13.2. The number of piperidine rings is 1. The molecule has 1 fully saturated rings. The van der Waals surface area contributed by atoms with Crippen molar-refractivity contribution in [1.82, 2.24) is 4.31 Å².